The third-order valence-corrected chi connectivity index (χ3v) is 4.93. The van der Waals surface area contributed by atoms with Gasteiger partial charge in [0, 0.05) is 18.0 Å². The fraction of sp³-hybridized carbons (Fsp3) is 0.933. The van der Waals surface area contributed by atoms with Crippen LogP contribution in [-0.2, 0) is 4.79 Å². The molecule has 0 N–H and O–H groups in total. The van der Waals surface area contributed by atoms with Crippen molar-refractivity contribution < 1.29 is 18.0 Å². The van der Waals surface area contributed by atoms with Crippen molar-refractivity contribution in [3.63, 3.8) is 0 Å². The highest BCUT2D eigenvalue weighted by Crippen LogP contribution is 2.41. The molecule has 0 unspecified atom stereocenters. The van der Waals surface area contributed by atoms with E-state index in [1.807, 2.05) is 18.7 Å². The van der Waals surface area contributed by atoms with E-state index in [2.05, 4.69) is 0 Å². The molecule has 2 fully saturated rings. The van der Waals surface area contributed by atoms with Gasteiger partial charge >= 0.3 is 6.18 Å². The first kappa shape index (κ1) is 15.6. The average Bonchev–Trinajstić information content (AvgIpc) is 2.37. The molecule has 0 bridgehead atoms. The molecule has 2 rings (SSSR count). The minimum atomic E-state index is -4.15. The number of piperidine rings is 1. The molecule has 1 saturated carbocycles. The van der Waals surface area contributed by atoms with E-state index in [1.54, 1.807) is 0 Å². The number of alkyl halides is 3. The molecular formula is C15H24F3NO. The van der Waals surface area contributed by atoms with E-state index in [0.29, 0.717) is 12.8 Å². The van der Waals surface area contributed by atoms with Crippen molar-refractivity contribution >= 4 is 5.91 Å². The molecule has 4 atom stereocenters. The number of halogens is 3. The summed E-state index contributed by atoms with van der Waals surface area (Å²) in [7, 11) is 0. The number of carbonyl (C=O) groups is 1. The van der Waals surface area contributed by atoms with Gasteiger partial charge in [0.05, 0.1) is 5.92 Å². The summed E-state index contributed by atoms with van der Waals surface area (Å²) >= 11 is 0. The summed E-state index contributed by atoms with van der Waals surface area (Å²) in [5.41, 5.74) is 0. The molecule has 0 aromatic heterocycles. The molecule has 0 radical (unpaired) electrons. The summed E-state index contributed by atoms with van der Waals surface area (Å²) in [4.78, 5) is 14.5. The van der Waals surface area contributed by atoms with Crippen LogP contribution in [0.5, 0.6) is 0 Å². The van der Waals surface area contributed by atoms with Crippen LogP contribution < -0.4 is 0 Å². The Morgan fingerprint density at radius 2 is 1.55 bits per heavy atom. The quantitative estimate of drug-likeness (QED) is 0.711. The van der Waals surface area contributed by atoms with Crippen molar-refractivity contribution in [1.29, 1.82) is 0 Å². The van der Waals surface area contributed by atoms with Crippen molar-refractivity contribution in [2.45, 2.75) is 77.1 Å². The number of nitrogens with zero attached hydrogens (tertiary/aromatic N) is 1. The zero-order valence-corrected chi connectivity index (χ0v) is 12.2. The molecule has 1 saturated heterocycles. The van der Waals surface area contributed by atoms with Crippen LogP contribution in [0.15, 0.2) is 0 Å². The molecule has 1 heterocycles. The Kier molecular flexibility index (Phi) is 4.65. The van der Waals surface area contributed by atoms with E-state index in [0.717, 1.165) is 19.3 Å². The molecule has 1 aliphatic carbocycles. The number of rotatable bonds is 1. The van der Waals surface area contributed by atoms with Gasteiger partial charge in [0.15, 0.2) is 0 Å². The average molecular weight is 291 g/mol. The maximum absolute atomic E-state index is 12.8. The molecule has 2 aliphatic rings. The zero-order valence-electron chi connectivity index (χ0n) is 12.2. The van der Waals surface area contributed by atoms with E-state index in [-0.39, 0.29) is 30.8 Å². The summed E-state index contributed by atoms with van der Waals surface area (Å²) < 4.78 is 38.5. The van der Waals surface area contributed by atoms with E-state index in [1.165, 1.54) is 0 Å². The molecule has 20 heavy (non-hydrogen) atoms. The molecule has 2 nitrogen and oxygen atoms in total. The van der Waals surface area contributed by atoms with Gasteiger partial charge < -0.3 is 4.90 Å². The van der Waals surface area contributed by atoms with Gasteiger partial charge in [-0.3, -0.25) is 4.79 Å². The Bertz CT molecular complexity index is 346. The lowest BCUT2D eigenvalue weighted by molar-refractivity contribution is -0.187. The van der Waals surface area contributed by atoms with Crippen molar-refractivity contribution in [2.75, 3.05) is 0 Å². The summed E-state index contributed by atoms with van der Waals surface area (Å²) in [6.45, 7) is 4.02. The van der Waals surface area contributed by atoms with E-state index in [4.69, 9.17) is 0 Å². The second-order valence-corrected chi connectivity index (χ2v) is 6.48. The monoisotopic (exact) mass is 291 g/mol. The lowest BCUT2D eigenvalue weighted by Crippen LogP contribution is -2.50. The van der Waals surface area contributed by atoms with Crippen molar-refractivity contribution in [1.82, 2.24) is 4.90 Å². The van der Waals surface area contributed by atoms with Crippen molar-refractivity contribution in [3.8, 4) is 0 Å². The lowest BCUT2D eigenvalue weighted by Gasteiger charge is -2.42. The highest BCUT2D eigenvalue weighted by Gasteiger charge is 2.45. The zero-order chi connectivity index (χ0) is 14.9. The van der Waals surface area contributed by atoms with Gasteiger partial charge in [0.1, 0.15) is 0 Å². The minimum absolute atomic E-state index is 0.0156. The second kappa shape index (κ2) is 5.94. The van der Waals surface area contributed by atoms with Gasteiger partial charge in [0.2, 0.25) is 5.91 Å². The first-order chi connectivity index (χ1) is 9.30. The van der Waals surface area contributed by atoms with Crippen LogP contribution in [0.2, 0.25) is 0 Å². The summed E-state index contributed by atoms with van der Waals surface area (Å²) in [6.07, 6.45) is 0.159. The highest BCUT2D eigenvalue weighted by atomic mass is 19.4. The van der Waals surface area contributed by atoms with Crippen LogP contribution in [0.3, 0.4) is 0 Å². The molecular weight excluding hydrogens is 267 g/mol. The highest BCUT2D eigenvalue weighted by molar-refractivity contribution is 5.79. The molecule has 5 heteroatoms. The smallest absolute Gasteiger partial charge is 0.337 e. The van der Waals surface area contributed by atoms with E-state index < -0.39 is 18.0 Å². The van der Waals surface area contributed by atoms with Crippen LogP contribution in [0.25, 0.3) is 0 Å². The Morgan fingerprint density at radius 1 is 1.00 bits per heavy atom. The number of hydrogen-bond acceptors (Lipinski definition) is 1. The number of likely N-dealkylation sites (tertiary alicyclic amines) is 1. The predicted molar refractivity (Wildman–Crippen MR) is 71.1 cm³/mol. The Hall–Kier alpha value is -0.740. The maximum atomic E-state index is 12.8. The van der Waals surface area contributed by atoms with Gasteiger partial charge in [-0.25, -0.2) is 0 Å². The standard InChI is InChI=1S/C15H24F3NO/c1-10-5-3-6-11(2)19(10)14(20)12-7-4-8-13(9-12)15(16,17)18/h10-13H,3-9H2,1-2H3/t10-,11+,12-,13-/m0/s1. The normalized spacial score (nSPS) is 36.0. The maximum Gasteiger partial charge on any atom is 0.391 e. The van der Waals surface area contributed by atoms with Gasteiger partial charge in [-0.1, -0.05) is 6.42 Å². The molecule has 116 valence electrons. The summed E-state index contributed by atoms with van der Waals surface area (Å²) in [6, 6.07) is 0.329. The SMILES string of the molecule is C[C@@H]1CCC[C@H](C)N1C(=O)[C@H]1CCC[C@H](C(F)(F)F)C1. The van der Waals surface area contributed by atoms with Crippen LogP contribution in [0.1, 0.15) is 58.8 Å². The fourth-order valence-electron chi connectivity index (χ4n) is 3.78. The fourth-order valence-corrected chi connectivity index (χ4v) is 3.78. The summed E-state index contributed by atoms with van der Waals surface area (Å²) in [5, 5.41) is 0. The molecule has 0 spiro atoms. The number of hydrogen-bond donors (Lipinski definition) is 0. The Labute approximate surface area is 118 Å². The predicted octanol–water partition coefficient (Wildman–Crippen LogP) is 4.14. The topological polar surface area (TPSA) is 20.3 Å². The van der Waals surface area contributed by atoms with Crippen LogP contribution in [0.4, 0.5) is 13.2 Å². The van der Waals surface area contributed by atoms with Gasteiger partial charge in [-0.05, 0) is 52.4 Å². The molecule has 1 aliphatic heterocycles. The third kappa shape index (κ3) is 3.29. The summed E-state index contributed by atoms with van der Waals surface area (Å²) in [5.74, 6) is -1.77. The van der Waals surface area contributed by atoms with Crippen molar-refractivity contribution in [3.05, 3.63) is 0 Å². The minimum Gasteiger partial charge on any atom is -0.337 e. The molecule has 0 aromatic rings. The van der Waals surface area contributed by atoms with Crippen molar-refractivity contribution in [2.24, 2.45) is 11.8 Å². The number of amides is 1. The van der Waals surface area contributed by atoms with Gasteiger partial charge in [-0.15, -0.1) is 0 Å². The molecule has 1 amide bonds. The van der Waals surface area contributed by atoms with Gasteiger partial charge in [-0.2, -0.15) is 13.2 Å². The largest absolute Gasteiger partial charge is 0.391 e. The van der Waals surface area contributed by atoms with E-state index >= 15 is 0 Å². The van der Waals surface area contributed by atoms with Crippen LogP contribution >= 0.6 is 0 Å². The number of carbonyl (C=O) groups excluding carboxylic acids is 1. The third-order valence-electron chi connectivity index (χ3n) is 4.93. The van der Waals surface area contributed by atoms with E-state index in [9.17, 15) is 18.0 Å². The van der Waals surface area contributed by atoms with Crippen LogP contribution in [-0.4, -0.2) is 29.1 Å². The lowest BCUT2D eigenvalue weighted by atomic mass is 9.79. The Morgan fingerprint density at radius 3 is 2.10 bits per heavy atom. The first-order valence-corrected chi connectivity index (χ1v) is 7.69. The van der Waals surface area contributed by atoms with Gasteiger partial charge in [0.25, 0.3) is 0 Å². The first-order valence-electron chi connectivity index (χ1n) is 7.69. The molecule has 0 aromatic carbocycles. The Balaban J connectivity index is 2.04. The second-order valence-electron chi connectivity index (χ2n) is 6.48. The van der Waals surface area contributed by atoms with Crippen LogP contribution in [0, 0.1) is 11.8 Å².